The summed E-state index contributed by atoms with van der Waals surface area (Å²) in [7, 11) is 0. The summed E-state index contributed by atoms with van der Waals surface area (Å²) >= 11 is 3.19. The van der Waals surface area contributed by atoms with Crippen LogP contribution in [0.25, 0.3) is 0 Å². The van der Waals surface area contributed by atoms with Gasteiger partial charge in [-0.25, -0.2) is 0 Å². The number of rotatable bonds is 2. The smallest absolute Gasteiger partial charge is 0.377 e. The van der Waals surface area contributed by atoms with E-state index in [4.69, 9.17) is 4.74 Å². The van der Waals surface area contributed by atoms with Crippen molar-refractivity contribution in [1.29, 1.82) is 0 Å². The number of hydrogen-bond donors (Lipinski definition) is 0. The van der Waals surface area contributed by atoms with Crippen molar-refractivity contribution in [3.8, 4) is 0 Å². The molecule has 1 aromatic rings. The molecular weight excluding hydrogens is 323 g/mol. The molecule has 0 aliphatic carbocycles. The maximum atomic E-state index is 13.2. The molecule has 1 saturated heterocycles. The van der Waals surface area contributed by atoms with Crippen molar-refractivity contribution in [1.82, 2.24) is 0 Å². The summed E-state index contributed by atoms with van der Waals surface area (Å²) in [4.78, 5) is 1.77. The maximum Gasteiger partial charge on any atom is 0.418 e. The van der Waals surface area contributed by atoms with E-state index in [-0.39, 0.29) is 11.7 Å². The monoisotopic (exact) mass is 337 g/mol. The Labute approximate surface area is 118 Å². The highest BCUT2D eigenvalue weighted by Crippen LogP contribution is 2.38. The van der Waals surface area contributed by atoms with Crippen LogP contribution < -0.4 is 4.90 Å². The van der Waals surface area contributed by atoms with E-state index in [1.165, 1.54) is 6.07 Å². The fraction of sp³-hybridized carbons (Fsp3) is 0.538. The molecule has 1 fully saturated rings. The van der Waals surface area contributed by atoms with Crippen LogP contribution in [0.5, 0.6) is 0 Å². The molecule has 0 spiro atoms. The molecule has 1 unspecified atom stereocenters. The second-order valence-electron chi connectivity index (χ2n) is 4.60. The molecule has 2 nitrogen and oxygen atoms in total. The molecule has 0 amide bonds. The van der Waals surface area contributed by atoms with Gasteiger partial charge < -0.3 is 9.64 Å². The predicted octanol–water partition coefficient (Wildman–Crippen LogP) is 3.83. The van der Waals surface area contributed by atoms with Gasteiger partial charge in [-0.2, -0.15) is 13.2 Å². The summed E-state index contributed by atoms with van der Waals surface area (Å²) in [5.41, 5.74) is 0.295. The van der Waals surface area contributed by atoms with E-state index in [0.717, 1.165) is 0 Å². The number of halogens is 4. The van der Waals surface area contributed by atoms with Crippen LogP contribution in [0.4, 0.5) is 18.9 Å². The second-order valence-corrected chi connectivity index (χ2v) is 5.16. The Morgan fingerprint density at radius 2 is 2.16 bits per heavy atom. The van der Waals surface area contributed by atoms with E-state index >= 15 is 0 Å². The van der Waals surface area contributed by atoms with Crippen molar-refractivity contribution in [2.75, 3.05) is 24.7 Å². The van der Waals surface area contributed by atoms with Gasteiger partial charge in [0.2, 0.25) is 0 Å². The van der Waals surface area contributed by atoms with Crippen LogP contribution in [-0.4, -0.2) is 25.8 Å². The molecule has 0 saturated carbocycles. The lowest BCUT2D eigenvalue weighted by molar-refractivity contribution is -0.137. The Bertz CT molecular complexity index is 450. The SMILES string of the molecule is CC1COCCN1c1ccc(CBr)cc1C(F)(F)F. The van der Waals surface area contributed by atoms with Crippen LogP contribution in [0.3, 0.4) is 0 Å². The van der Waals surface area contributed by atoms with Gasteiger partial charge in [0.15, 0.2) is 0 Å². The first-order valence-electron chi connectivity index (χ1n) is 6.04. The highest BCUT2D eigenvalue weighted by atomic mass is 79.9. The average molecular weight is 338 g/mol. The highest BCUT2D eigenvalue weighted by molar-refractivity contribution is 9.08. The Morgan fingerprint density at radius 3 is 2.74 bits per heavy atom. The molecule has 1 aliphatic heterocycles. The van der Waals surface area contributed by atoms with Gasteiger partial charge in [0, 0.05) is 23.6 Å². The third kappa shape index (κ3) is 3.23. The lowest BCUT2D eigenvalue weighted by Crippen LogP contribution is -2.44. The normalized spacial score (nSPS) is 20.7. The molecule has 1 atom stereocenters. The van der Waals surface area contributed by atoms with E-state index in [2.05, 4.69) is 15.9 Å². The molecule has 1 aliphatic rings. The molecule has 6 heteroatoms. The van der Waals surface area contributed by atoms with E-state index in [1.54, 1.807) is 17.0 Å². The summed E-state index contributed by atoms with van der Waals surface area (Å²) in [6, 6.07) is 4.44. The van der Waals surface area contributed by atoms with Crippen LogP contribution in [0, 0.1) is 0 Å². The van der Waals surface area contributed by atoms with Gasteiger partial charge in [-0.3, -0.25) is 0 Å². The van der Waals surface area contributed by atoms with Crippen LogP contribution >= 0.6 is 15.9 Å². The van der Waals surface area contributed by atoms with Crippen LogP contribution in [0.2, 0.25) is 0 Å². The van der Waals surface area contributed by atoms with E-state index < -0.39 is 11.7 Å². The van der Waals surface area contributed by atoms with Crippen molar-refractivity contribution in [3.63, 3.8) is 0 Å². The molecule has 0 bridgehead atoms. The number of benzene rings is 1. The molecule has 2 rings (SSSR count). The van der Waals surface area contributed by atoms with Crippen molar-refractivity contribution in [2.24, 2.45) is 0 Å². The van der Waals surface area contributed by atoms with Gasteiger partial charge in [-0.1, -0.05) is 22.0 Å². The second kappa shape index (κ2) is 5.71. The lowest BCUT2D eigenvalue weighted by Gasteiger charge is -2.36. The quantitative estimate of drug-likeness (QED) is 0.760. The van der Waals surface area contributed by atoms with Gasteiger partial charge in [0.1, 0.15) is 0 Å². The zero-order valence-corrected chi connectivity index (χ0v) is 12.1. The molecule has 1 heterocycles. The fourth-order valence-electron chi connectivity index (χ4n) is 2.23. The number of ether oxygens (including phenoxy) is 1. The minimum Gasteiger partial charge on any atom is -0.377 e. The van der Waals surface area contributed by atoms with Gasteiger partial charge in [0.05, 0.1) is 18.8 Å². The third-order valence-electron chi connectivity index (χ3n) is 3.20. The number of alkyl halides is 4. The standard InChI is InChI=1S/C13H15BrF3NO/c1-9-8-19-5-4-18(9)12-3-2-10(7-14)6-11(12)13(15,16)17/h2-3,6,9H,4-5,7-8H2,1H3. The zero-order valence-electron chi connectivity index (χ0n) is 10.5. The van der Waals surface area contributed by atoms with Crippen LogP contribution in [-0.2, 0) is 16.2 Å². The number of hydrogen-bond acceptors (Lipinski definition) is 2. The molecule has 19 heavy (non-hydrogen) atoms. The first-order valence-corrected chi connectivity index (χ1v) is 7.16. The van der Waals surface area contributed by atoms with E-state index in [9.17, 15) is 13.2 Å². The van der Waals surface area contributed by atoms with E-state index in [1.807, 2.05) is 6.92 Å². The first-order chi connectivity index (χ1) is 8.93. The van der Waals surface area contributed by atoms with Crippen molar-refractivity contribution in [2.45, 2.75) is 24.5 Å². The molecule has 0 N–H and O–H groups in total. The predicted molar refractivity (Wildman–Crippen MR) is 71.7 cm³/mol. The van der Waals surface area contributed by atoms with Gasteiger partial charge >= 0.3 is 6.18 Å². The topological polar surface area (TPSA) is 12.5 Å². The van der Waals surface area contributed by atoms with Gasteiger partial charge in [-0.05, 0) is 24.6 Å². The minimum atomic E-state index is -4.34. The average Bonchev–Trinajstić information content (AvgIpc) is 2.38. The van der Waals surface area contributed by atoms with Crippen molar-refractivity contribution < 1.29 is 17.9 Å². The molecule has 106 valence electrons. The van der Waals surface area contributed by atoms with E-state index in [0.29, 0.717) is 30.7 Å². The van der Waals surface area contributed by atoms with Gasteiger partial charge in [-0.15, -0.1) is 0 Å². The summed E-state index contributed by atoms with van der Waals surface area (Å²) in [6.07, 6.45) is -4.34. The fourth-order valence-corrected chi connectivity index (χ4v) is 2.58. The molecular formula is C13H15BrF3NO. The molecule has 0 aromatic heterocycles. The van der Waals surface area contributed by atoms with Gasteiger partial charge in [0.25, 0.3) is 0 Å². The van der Waals surface area contributed by atoms with Crippen molar-refractivity contribution in [3.05, 3.63) is 29.3 Å². The summed E-state index contributed by atoms with van der Waals surface area (Å²) < 4.78 is 44.8. The molecule has 1 aromatic carbocycles. The number of anilines is 1. The van der Waals surface area contributed by atoms with Crippen LogP contribution in [0.1, 0.15) is 18.1 Å². The largest absolute Gasteiger partial charge is 0.418 e. The number of morpholine rings is 1. The minimum absolute atomic E-state index is 0.0512. The Balaban J connectivity index is 2.43. The van der Waals surface area contributed by atoms with Crippen LogP contribution in [0.15, 0.2) is 18.2 Å². The Kier molecular flexibility index (Phi) is 4.40. The Morgan fingerprint density at radius 1 is 1.42 bits per heavy atom. The number of nitrogens with zero attached hydrogens (tertiary/aromatic N) is 1. The highest BCUT2D eigenvalue weighted by Gasteiger charge is 2.36. The lowest BCUT2D eigenvalue weighted by atomic mass is 10.1. The third-order valence-corrected chi connectivity index (χ3v) is 3.85. The Hall–Kier alpha value is -0.750. The summed E-state index contributed by atoms with van der Waals surface area (Å²) in [5, 5.41) is 0.412. The first kappa shape index (κ1) is 14.7. The maximum absolute atomic E-state index is 13.2. The summed E-state index contributed by atoms with van der Waals surface area (Å²) in [6.45, 7) is 3.27. The summed E-state index contributed by atoms with van der Waals surface area (Å²) in [5.74, 6) is 0. The zero-order chi connectivity index (χ0) is 14.0. The van der Waals surface area contributed by atoms with Crippen molar-refractivity contribution >= 4 is 21.6 Å². The molecule has 0 radical (unpaired) electrons.